The van der Waals surface area contributed by atoms with Crippen LogP contribution in [-0.4, -0.2) is 70.7 Å². The third kappa shape index (κ3) is 6.66. The van der Waals surface area contributed by atoms with Crippen LogP contribution >= 0.6 is 23.5 Å². The molecule has 2 unspecified atom stereocenters. The van der Waals surface area contributed by atoms with Crippen LogP contribution in [0.5, 0.6) is 0 Å². The number of nitrogens with zero attached hydrogens (tertiary/aromatic N) is 4. The van der Waals surface area contributed by atoms with Crippen molar-refractivity contribution in [2.75, 3.05) is 12.3 Å². The van der Waals surface area contributed by atoms with E-state index in [2.05, 4.69) is 28.1 Å². The first-order valence-corrected chi connectivity index (χ1v) is 12.2. The number of phosphoric ester groups is 1. The predicted molar refractivity (Wildman–Crippen MR) is 98.5 cm³/mol. The quantitative estimate of drug-likeness (QED) is 0.247. The van der Waals surface area contributed by atoms with Crippen LogP contribution in [0, 0.1) is 0 Å². The van der Waals surface area contributed by atoms with E-state index in [1.54, 1.807) is 4.57 Å². The topological polar surface area (TPSA) is 239 Å². The molecule has 0 bridgehead atoms. The first-order valence-electron chi connectivity index (χ1n) is 7.72. The Bertz CT molecular complexity index is 1050. The van der Waals surface area contributed by atoms with Crippen molar-refractivity contribution in [1.29, 1.82) is 0 Å². The number of imidazole rings is 1. The molecule has 163 valence electrons. The van der Waals surface area contributed by atoms with E-state index in [0.717, 1.165) is 0 Å². The summed E-state index contributed by atoms with van der Waals surface area (Å²) in [7, 11) is -16.2. The first-order chi connectivity index (χ1) is 13.4. The van der Waals surface area contributed by atoms with E-state index >= 15 is 0 Å². The van der Waals surface area contributed by atoms with E-state index in [9.17, 15) is 18.6 Å². The minimum atomic E-state index is -5.56. The molecule has 30 heavy (non-hydrogen) atoms. The summed E-state index contributed by atoms with van der Waals surface area (Å²) in [5, 5.41) is 0. The summed E-state index contributed by atoms with van der Waals surface area (Å²) < 4.78 is 52.7. The molecule has 0 spiro atoms. The number of hydrogen-bond donors (Lipinski definition) is 5. The Kier molecular flexibility index (Phi) is 8.05. The van der Waals surface area contributed by atoms with Gasteiger partial charge in [0.1, 0.15) is 18.1 Å². The van der Waals surface area contributed by atoms with Crippen LogP contribution in [-0.2, 0) is 31.6 Å². The van der Waals surface area contributed by atoms with Crippen molar-refractivity contribution < 1.29 is 51.2 Å². The molecular formula is C10H16LiN5O11P3. The smallest absolute Gasteiger partial charge is 0.382 e. The van der Waals surface area contributed by atoms with Gasteiger partial charge in [0.25, 0.3) is 0 Å². The first kappa shape index (κ1) is 25.6. The van der Waals surface area contributed by atoms with Crippen molar-refractivity contribution in [1.82, 2.24) is 19.5 Å². The third-order valence-corrected chi connectivity index (χ3v) is 7.42. The van der Waals surface area contributed by atoms with Crippen molar-refractivity contribution in [3.63, 3.8) is 0 Å². The van der Waals surface area contributed by atoms with Gasteiger partial charge in [-0.1, -0.05) is 0 Å². The van der Waals surface area contributed by atoms with Crippen LogP contribution in [0.15, 0.2) is 12.7 Å². The Balaban J connectivity index is 0.00000320. The average Bonchev–Trinajstić information content (AvgIpc) is 3.16. The fourth-order valence-electron chi connectivity index (χ4n) is 2.58. The molecule has 1 fully saturated rings. The van der Waals surface area contributed by atoms with Crippen molar-refractivity contribution >= 4 is 59.3 Å². The van der Waals surface area contributed by atoms with E-state index in [0.29, 0.717) is 24.0 Å². The van der Waals surface area contributed by atoms with Gasteiger partial charge >= 0.3 is 23.5 Å². The van der Waals surface area contributed by atoms with E-state index in [-0.39, 0.29) is 24.7 Å². The minimum Gasteiger partial charge on any atom is -0.382 e. The summed E-state index contributed by atoms with van der Waals surface area (Å²) in [6.07, 6.45) is 2.30. The molecule has 0 saturated carbocycles. The summed E-state index contributed by atoms with van der Waals surface area (Å²) in [6.45, 7) is -0.524. The molecule has 0 aliphatic carbocycles. The molecule has 2 aromatic rings. The van der Waals surface area contributed by atoms with Gasteiger partial charge in [-0.2, -0.15) is 8.62 Å². The molecule has 3 rings (SSSR count). The third-order valence-electron chi connectivity index (χ3n) is 3.62. The number of ether oxygens (including phenoxy) is 1. The monoisotopic (exact) mass is 482 g/mol. The molecular weight excluding hydrogens is 466 g/mol. The van der Waals surface area contributed by atoms with Crippen molar-refractivity contribution in [2.24, 2.45) is 0 Å². The Hall–Kier alpha value is -0.683. The van der Waals surface area contributed by atoms with Gasteiger partial charge in [0.15, 0.2) is 11.5 Å². The average molecular weight is 482 g/mol. The fraction of sp³-hybridized carbons (Fsp3) is 0.500. The SMILES string of the molecule is Nc1ncnc2c1ncn2[C@H]1CC[C@@H](COP(=O)(O)OP(=O)(O)OP(=O)(O)O)O1.[Li]. The fourth-order valence-corrected chi connectivity index (χ4v) is 5.62. The number of fused-ring (bicyclic) bond motifs is 1. The number of nitrogen functional groups attached to an aromatic ring is 1. The number of aromatic nitrogens is 4. The van der Waals surface area contributed by atoms with Crippen LogP contribution < -0.4 is 5.73 Å². The minimum absolute atomic E-state index is 0. The molecule has 1 aliphatic heterocycles. The Morgan fingerprint density at radius 3 is 2.47 bits per heavy atom. The number of anilines is 1. The van der Waals surface area contributed by atoms with E-state index in [4.69, 9.17) is 25.2 Å². The zero-order chi connectivity index (χ0) is 21.4. The van der Waals surface area contributed by atoms with Crippen LogP contribution in [0.3, 0.4) is 0 Å². The largest absolute Gasteiger partial charge is 0.490 e. The molecule has 0 aromatic carbocycles. The Labute approximate surface area is 180 Å². The van der Waals surface area contributed by atoms with Crippen molar-refractivity contribution in [3.05, 3.63) is 12.7 Å². The number of nitrogens with two attached hydrogens (primary N) is 1. The van der Waals surface area contributed by atoms with Crippen LogP contribution in [0.2, 0.25) is 0 Å². The molecule has 3 heterocycles. The molecule has 1 radical (unpaired) electrons. The van der Waals surface area contributed by atoms with Gasteiger partial charge in [-0.25, -0.2) is 28.6 Å². The molecule has 20 heteroatoms. The zero-order valence-electron chi connectivity index (χ0n) is 15.3. The summed E-state index contributed by atoms with van der Waals surface area (Å²) in [6, 6.07) is 0. The number of hydrogen-bond acceptors (Lipinski definition) is 11. The van der Waals surface area contributed by atoms with Crippen molar-refractivity contribution in [3.8, 4) is 0 Å². The Morgan fingerprint density at radius 1 is 1.10 bits per heavy atom. The van der Waals surface area contributed by atoms with Crippen LogP contribution in [0.1, 0.15) is 19.1 Å². The summed E-state index contributed by atoms with van der Waals surface area (Å²) in [5.74, 6) is 0.191. The van der Waals surface area contributed by atoms with Gasteiger partial charge in [0.2, 0.25) is 0 Å². The van der Waals surface area contributed by atoms with Crippen LogP contribution in [0.25, 0.3) is 11.2 Å². The molecule has 4 atom stereocenters. The predicted octanol–water partition coefficient (Wildman–Crippen LogP) is 0.0486. The van der Waals surface area contributed by atoms with Crippen molar-refractivity contribution in [2.45, 2.75) is 25.2 Å². The molecule has 2 aromatic heterocycles. The maximum atomic E-state index is 11.7. The maximum Gasteiger partial charge on any atom is 0.490 e. The van der Waals surface area contributed by atoms with E-state index in [1.807, 2.05) is 0 Å². The molecule has 0 amide bonds. The summed E-state index contributed by atoms with van der Waals surface area (Å²) in [4.78, 5) is 47.6. The summed E-state index contributed by atoms with van der Waals surface area (Å²) >= 11 is 0. The molecule has 1 aliphatic rings. The molecule has 1 saturated heterocycles. The van der Waals surface area contributed by atoms with Gasteiger partial charge in [0.05, 0.1) is 19.0 Å². The van der Waals surface area contributed by atoms with Gasteiger partial charge in [-0.3, -0.25) is 9.09 Å². The number of rotatable bonds is 8. The van der Waals surface area contributed by atoms with Gasteiger partial charge in [0, 0.05) is 18.9 Å². The van der Waals surface area contributed by atoms with Crippen LogP contribution in [0.4, 0.5) is 5.82 Å². The summed E-state index contributed by atoms with van der Waals surface area (Å²) in [5.41, 5.74) is 6.53. The Morgan fingerprint density at radius 2 is 1.80 bits per heavy atom. The molecule has 6 N–H and O–H groups in total. The number of phosphoric acid groups is 3. The second-order valence-corrected chi connectivity index (χ2v) is 10.2. The van der Waals surface area contributed by atoms with Gasteiger partial charge in [-0.05, 0) is 12.8 Å². The zero-order valence-corrected chi connectivity index (χ0v) is 18.0. The normalized spacial score (nSPS) is 23.6. The second-order valence-electron chi connectivity index (χ2n) is 5.76. The van der Waals surface area contributed by atoms with Gasteiger partial charge < -0.3 is 30.0 Å². The van der Waals surface area contributed by atoms with Gasteiger partial charge in [-0.15, -0.1) is 0 Å². The van der Waals surface area contributed by atoms with E-state index in [1.165, 1.54) is 12.7 Å². The molecule has 16 nitrogen and oxygen atoms in total. The standard InChI is InChI=1S/C10H16N5O11P3.Li/c11-9-8-10(13-4-12-9)15(5-14-8)7-2-1-6(24-7)3-23-28(19,20)26-29(21,22)25-27(16,17)18;/h4-7H,1-3H2,(H,19,20)(H,21,22)(H2,11,12,13)(H2,16,17,18);/t6-,7+;/m0./s1. The van der Waals surface area contributed by atoms with E-state index < -0.39 is 42.4 Å². The second kappa shape index (κ2) is 9.44. The maximum absolute atomic E-state index is 11.7.